The van der Waals surface area contributed by atoms with Gasteiger partial charge >= 0.3 is 0 Å². The van der Waals surface area contributed by atoms with Crippen LogP contribution in [0.15, 0.2) is 42.7 Å². The van der Waals surface area contributed by atoms with Crippen molar-refractivity contribution in [3.05, 3.63) is 42.7 Å². The van der Waals surface area contributed by atoms with Crippen molar-refractivity contribution in [1.82, 2.24) is 24.5 Å². The van der Waals surface area contributed by atoms with E-state index in [1.54, 1.807) is 6.33 Å². The third-order valence-corrected chi connectivity index (χ3v) is 4.21. The highest BCUT2D eigenvalue weighted by atomic mass is 15.4. The molecular weight excluding hydrogens is 288 g/mol. The molecule has 0 amide bonds. The lowest BCUT2D eigenvalue weighted by atomic mass is 9.99. The van der Waals surface area contributed by atoms with Crippen LogP contribution in [0.3, 0.4) is 0 Å². The molecular formula is C17H20N6. The summed E-state index contributed by atoms with van der Waals surface area (Å²) < 4.78 is 1.83. The second kappa shape index (κ2) is 5.62. The van der Waals surface area contributed by atoms with Gasteiger partial charge in [-0.3, -0.25) is 0 Å². The summed E-state index contributed by atoms with van der Waals surface area (Å²) in [6, 6.07) is 12.3. The van der Waals surface area contributed by atoms with E-state index >= 15 is 0 Å². The van der Waals surface area contributed by atoms with Crippen LogP contribution >= 0.6 is 0 Å². The largest absolute Gasteiger partial charge is 0.356 e. The first kappa shape index (κ1) is 14.1. The Morgan fingerprint density at radius 1 is 1.17 bits per heavy atom. The minimum absolute atomic E-state index is 0.650. The average Bonchev–Trinajstić information content (AvgIpc) is 2.99. The third-order valence-electron chi connectivity index (χ3n) is 4.21. The predicted molar refractivity (Wildman–Crippen MR) is 90.5 cm³/mol. The third kappa shape index (κ3) is 2.66. The molecule has 0 spiro atoms. The highest BCUT2D eigenvalue weighted by Crippen LogP contribution is 2.28. The molecule has 0 aliphatic carbocycles. The van der Waals surface area contributed by atoms with Crippen LogP contribution in [0, 0.1) is 5.92 Å². The van der Waals surface area contributed by atoms with Crippen LogP contribution in [-0.4, -0.2) is 58.2 Å². The summed E-state index contributed by atoms with van der Waals surface area (Å²) in [5.41, 5.74) is 2.04. The Morgan fingerprint density at radius 2 is 1.96 bits per heavy atom. The van der Waals surface area contributed by atoms with Crippen molar-refractivity contribution in [3.63, 3.8) is 0 Å². The van der Waals surface area contributed by atoms with E-state index in [-0.39, 0.29) is 0 Å². The van der Waals surface area contributed by atoms with E-state index < -0.39 is 0 Å². The lowest BCUT2D eigenvalue weighted by molar-refractivity contribution is 0.281. The Hall–Kier alpha value is -2.47. The highest BCUT2D eigenvalue weighted by Gasteiger charge is 2.29. The average molecular weight is 308 g/mol. The molecule has 118 valence electrons. The zero-order valence-electron chi connectivity index (χ0n) is 13.4. The first-order valence-electron chi connectivity index (χ1n) is 7.86. The summed E-state index contributed by atoms with van der Waals surface area (Å²) in [5.74, 6) is 2.43. The van der Waals surface area contributed by atoms with Crippen molar-refractivity contribution in [2.75, 3.05) is 38.6 Å². The first-order valence-corrected chi connectivity index (χ1v) is 7.86. The van der Waals surface area contributed by atoms with Gasteiger partial charge in [0.1, 0.15) is 12.1 Å². The van der Waals surface area contributed by atoms with Crippen molar-refractivity contribution < 1.29 is 0 Å². The number of hydrogen-bond acceptors (Lipinski definition) is 5. The zero-order chi connectivity index (χ0) is 15.8. The quantitative estimate of drug-likeness (QED) is 0.735. The Kier molecular flexibility index (Phi) is 3.46. The monoisotopic (exact) mass is 308 g/mol. The van der Waals surface area contributed by atoms with Crippen molar-refractivity contribution in [2.45, 2.75) is 0 Å². The van der Waals surface area contributed by atoms with Gasteiger partial charge in [0.15, 0.2) is 0 Å². The van der Waals surface area contributed by atoms with Crippen molar-refractivity contribution in [1.29, 1.82) is 0 Å². The molecule has 0 atom stereocenters. The van der Waals surface area contributed by atoms with Crippen molar-refractivity contribution in [3.8, 4) is 11.3 Å². The van der Waals surface area contributed by atoms with Crippen LogP contribution < -0.4 is 4.90 Å². The summed E-state index contributed by atoms with van der Waals surface area (Å²) >= 11 is 0. The smallest absolute Gasteiger partial charge is 0.254 e. The van der Waals surface area contributed by atoms with Crippen LogP contribution in [0.5, 0.6) is 0 Å². The van der Waals surface area contributed by atoms with Gasteiger partial charge in [0, 0.05) is 37.2 Å². The van der Waals surface area contributed by atoms with E-state index in [1.165, 1.54) is 0 Å². The van der Waals surface area contributed by atoms with Gasteiger partial charge in [0.05, 0.1) is 5.69 Å². The fourth-order valence-corrected chi connectivity index (χ4v) is 3.17. The van der Waals surface area contributed by atoms with Crippen LogP contribution in [0.4, 0.5) is 5.82 Å². The molecule has 1 saturated heterocycles. The number of benzene rings is 1. The lowest BCUT2D eigenvalue weighted by Crippen LogP contribution is -2.51. The molecule has 2 aromatic heterocycles. The summed E-state index contributed by atoms with van der Waals surface area (Å²) in [6.07, 6.45) is 1.57. The Balaban J connectivity index is 1.68. The van der Waals surface area contributed by atoms with E-state index in [4.69, 9.17) is 0 Å². The van der Waals surface area contributed by atoms with E-state index in [2.05, 4.69) is 57.2 Å². The molecule has 23 heavy (non-hydrogen) atoms. The molecule has 3 heterocycles. The van der Waals surface area contributed by atoms with Crippen molar-refractivity contribution in [2.24, 2.45) is 5.92 Å². The fourth-order valence-electron chi connectivity index (χ4n) is 3.17. The summed E-state index contributed by atoms with van der Waals surface area (Å²) in [5, 5.41) is 4.33. The molecule has 0 N–H and O–H groups in total. The van der Waals surface area contributed by atoms with Gasteiger partial charge in [-0.1, -0.05) is 30.3 Å². The maximum atomic E-state index is 4.63. The molecule has 1 fully saturated rings. The number of hydrogen-bond donors (Lipinski definition) is 0. The number of aromatic nitrogens is 4. The number of fused-ring (bicyclic) bond motifs is 1. The van der Waals surface area contributed by atoms with Gasteiger partial charge in [0.25, 0.3) is 5.78 Å². The molecule has 0 radical (unpaired) electrons. The summed E-state index contributed by atoms with van der Waals surface area (Å²) in [7, 11) is 4.25. The van der Waals surface area contributed by atoms with Crippen LogP contribution in [-0.2, 0) is 0 Å². The van der Waals surface area contributed by atoms with Crippen LogP contribution in [0.2, 0.25) is 0 Å². The van der Waals surface area contributed by atoms with Crippen LogP contribution in [0.25, 0.3) is 17.0 Å². The number of rotatable bonds is 4. The lowest BCUT2D eigenvalue weighted by Gasteiger charge is -2.41. The Morgan fingerprint density at radius 3 is 2.70 bits per heavy atom. The molecule has 1 aliphatic heterocycles. The fraction of sp³-hybridized carbons (Fsp3) is 0.353. The molecule has 4 rings (SSSR count). The molecule has 0 bridgehead atoms. The van der Waals surface area contributed by atoms with Gasteiger partial charge in [-0.25, -0.2) is 4.98 Å². The molecule has 1 aliphatic rings. The van der Waals surface area contributed by atoms with E-state index in [0.29, 0.717) is 11.7 Å². The van der Waals surface area contributed by atoms with E-state index in [1.807, 2.05) is 22.7 Å². The normalized spacial score (nSPS) is 15.3. The Labute approximate surface area is 135 Å². The van der Waals surface area contributed by atoms with Gasteiger partial charge in [0.2, 0.25) is 0 Å². The van der Waals surface area contributed by atoms with E-state index in [9.17, 15) is 0 Å². The summed E-state index contributed by atoms with van der Waals surface area (Å²) in [6.45, 7) is 3.21. The second-order valence-corrected chi connectivity index (χ2v) is 6.37. The van der Waals surface area contributed by atoms with Gasteiger partial charge in [-0.2, -0.15) is 14.6 Å². The topological polar surface area (TPSA) is 49.6 Å². The maximum Gasteiger partial charge on any atom is 0.254 e. The van der Waals surface area contributed by atoms with E-state index in [0.717, 1.165) is 36.7 Å². The standard InChI is InChI=1S/C17H20N6/c1-21(2)9-13-10-22(11-13)16-8-15(14-6-4-3-5-7-14)20-17-18-12-19-23(16)17/h3-8,12-13H,9-11H2,1-2H3. The molecule has 0 unspecified atom stereocenters. The molecule has 6 heteroatoms. The first-order chi connectivity index (χ1) is 11.2. The molecule has 3 aromatic rings. The molecule has 6 nitrogen and oxygen atoms in total. The predicted octanol–water partition coefficient (Wildman–Crippen LogP) is 1.79. The van der Waals surface area contributed by atoms with Crippen molar-refractivity contribution >= 4 is 11.6 Å². The summed E-state index contributed by atoms with van der Waals surface area (Å²) in [4.78, 5) is 13.5. The second-order valence-electron chi connectivity index (χ2n) is 6.37. The maximum absolute atomic E-state index is 4.63. The number of nitrogens with zero attached hydrogens (tertiary/aromatic N) is 6. The highest BCUT2D eigenvalue weighted by molar-refractivity contribution is 5.66. The SMILES string of the molecule is CN(C)CC1CN(c2cc(-c3ccccc3)nc3ncnn23)C1. The van der Waals surface area contributed by atoms with Gasteiger partial charge in [-0.05, 0) is 14.1 Å². The molecule has 0 saturated carbocycles. The minimum Gasteiger partial charge on any atom is -0.356 e. The Bertz CT molecular complexity index is 804. The van der Waals surface area contributed by atoms with Gasteiger partial charge in [-0.15, -0.1) is 0 Å². The number of anilines is 1. The minimum atomic E-state index is 0.650. The zero-order valence-corrected chi connectivity index (χ0v) is 13.4. The van der Waals surface area contributed by atoms with Gasteiger partial charge < -0.3 is 9.80 Å². The molecule has 1 aromatic carbocycles. The van der Waals surface area contributed by atoms with Crippen LogP contribution in [0.1, 0.15) is 0 Å².